The van der Waals surface area contributed by atoms with E-state index in [1.54, 1.807) is 6.92 Å². The molecule has 1 nitrogen and oxygen atoms in total. The van der Waals surface area contributed by atoms with Gasteiger partial charge in [-0.1, -0.05) is 22.0 Å². The summed E-state index contributed by atoms with van der Waals surface area (Å²) < 4.78 is 37.4. The number of hydrogen-bond donors (Lipinski definition) is 0. The van der Waals surface area contributed by atoms with Crippen molar-refractivity contribution < 1.29 is 18.0 Å². The Balaban J connectivity index is 3.24. The Hall–Kier alpha value is -0.550. The van der Waals surface area contributed by atoms with Gasteiger partial charge in [0.1, 0.15) is 0 Å². The molecule has 0 aliphatic heterocycles. The third kappa shape index (κ3) is 3.45. The van der Waals surface area contributed by atoms with Gasteiger partial charge in [0.2, 0.25) is 0 Å². The summed E-state index contributed by atoms with van der Waals surface area (Å²) in [5.74, 6) is -0.417. The molecule has 0 saturated heterocycles. The van der Waals surface area contributed by atoms with Crippen molar-refractivity contribution in [1.29, 1.82) is 0 Å². The van der Waals surface area contributed by atoms with E-state index >= 15 is 0 Å². The molecule has 1 atom stereocenters. The Kier molecular flexibility index (Phi) is 4.61. The minimum Gasteiger partial charge on any atom is -0.293 e. The maximum Gasteiger partial charge on any atom is 0.416 e. The number of alkyl halides is 5. The molecule has 0 aliphatic carbocycles. The lowest BCUT2D eigenvalue weighted by atomic mass is 10.00. The molecule has 0 aromatic heterocycles. The summed E-state index contributed by atoms with van der Waals surface area (Å²) in [6.45, 7) is 1.61. The highest BCUT2D eigenvalue weighted by atomic mass is 79.9. The van der Waals surface area contributed by atoms with Crippen molar-refractivity contribution in [3.63, 3.8) is 0 Å². The van der Waals surface area contributed by atoms with Crippen LogP contribution in [0.15, 0.2) is 18.2 Å². The molecule has 0 heterocycles. The summed E-state index contributed by atoms with van der Waals surface area (Å²) in [6, 6.07) is 2.97. The van der Waals surface area contributed by atoms with E-state index in [2.05, 4.69) is 15.9 Å². The first-order valence-electron chi connectivity index (χ1n) is 4.71. The van der Waals surface area contributed by atoms with Crippen molar-refractivity contribution >= 4 is 33.3 Å². The number of carbonyl (C=O) groups excluding carboxylic acids is 1. The van der Waals surface area contributed by atoms with Gasteiger partial charge in [-0.2, -0.15) is 13.2 Å². The molecule has 17 heavy (non-hydrogen) atoms. The van der Waals surface area contributed by atoms with Crippen molar-refractivity contribution in [1.82, 2.24) is 0 Å². The van der Waals surface area contributed by atoms with Gasteiger partial charge >= 0.3 is 6.18 Å². The summed E-state index contributed by atoms with van der Waals surface area (Å²) in [5.41, 5.74) is -0.387. The van der Waals surface area contributed by atoms with Gasteiger partial charge in [-0.05, 0) is 24.6 Å². The molecule has 0 N–H and O–H groups in total. The van der Waals surface area contributed by atoms with E-state index in [1.165, 1.54) is 6.07 Å². The van der Waals surface area contributed by atoms with Crippen LogP contribution in [0.25, 0.3) is 0 Å². The first kappa shape index (κ1) is 14.5. The van der Waals surface area contributed by atoms with Crippen molar-refractivity contribution in [3.05, 3.63) is 34.9 Å². The van der Waals surface area contributed by atoms with Crippen LogP contribution in [0, 0.1) is 0 Å². The van der Waals surface area contributed by atoms with Crippen molar-refractivity contribution in [2.24, 2.45) is 0 Å². The van der Waals surface area contributed by atoms with Gasteiger partial charge < -0.3 is 0 Å². The molecule has 0 bridgehead atoms. The van der Waals surface area contributed by atoms with Gasteiger partial charge in [-0.3, -0.25) is 4.79 Å². The topological polar surface area (TPSA) is 17.1 Å². The Morgan fingerprint density at radius 3 is 2.47 bits per heavy atom. The fourth-order valence-corrected chi connectivity index (χ4v) is 1.80. The molecule has 1 unspecified atom stereocenters. The van der Waals surface area contributed by atoms with Gasteiger partial charge in [-0.15, -0.1) is 11.6 Å². The lowest BCUT2D eigenvalue weighted by molar-refractivity contribution is -0.137. The zero-order valence-corrected chi connectivity index (χ0v) is 11.2. The average Bonchev–Trinajstić information content (AvgIpc) is 2.25. The van der Waals surface area contributed by atoms with Gasteiger partial charge in [0, 0.05) is 11.4 Å². The van der Waals surface area contributed by atoms with Crippen LogP contribution in [0.4, 0.5) is 13.2 Å². The number of benzene rings is 1. The molecule has 1 aromatic rings. The molecule has 6 heteroatoms. The van der Waals surface area contributed by atoms with Crippen LogP contribution in [-0.2, 0) is 12.1 Å². The Bertz CT molecular complexity index is 429. The van der Waals surface area contributed by atoms with Crippen LogP contribution >= 0.6 is 27.5 Å². The van der Waals surface area contributed by atoms with Gasteiger partial charge in [0.25, 0.3) is 0 Å². The van der Waals surface area contributed by atoms with Crippen LogP contribution in [0.5, 0.6) is 0 Å². The normalized spacial score (nSPS) is 13.5. The highest BCUT2D eigenvalue weighted by molar-refractivity contribution is 9.10. The van der Waals surface area contributed by atoms with Crippen molar-refractivity contribution in [3.8, 4) is 0 Å². The fourth-order valence-electron chi connectivity index (χ4n) is 1.34. The summed E-state index contributed by atoms with van der Waals surface area (Å²) in [7, 11) is 0. The van der Waals surface area contributed by atoms with Crippen LogP contribution in [-0.4, -0.2) is 10.6 Å². The third-order valence-corrected chi connectivity index (χ3v) is 2.91. The monoisotopic (exact) mass is 328 g/mol. The first-order valence-corrected chi connectivity index (χ1v) is 6.16. The summed E-state index contributed by atoms with van der Waals surface area (Å²) >= 11 is 8.65. The summed E-state index contributed by atoms with van der Waals surface area (Å²) in [6.07, 6.45) is -4.43. The van der Waals surface area contributed by atoms with Crippen molar-refractivity contribution in [2.75, 3.05) is 0 Å². The standard InChI is InChI=1S/C11H9BrClF3O/c1-6(12)10(17)9-3-2-8(11(14,15)16)4-7(9)5-13/h2-4,6H,5H2,1H3. The number of carbonyl (C=O) groups is 1. The zero-order valence-electron chi connectivity index (χ0n) is 8.81. The second-order valence-electron chi connectivity index (χ2n) is 3.48. The van der Waals surface area contributed by atoms with Crippen LogP contribution in [0.1, 0.15) is 28.4 Å². The predicted octanol–water partition coefficient (Wildman–Crippen LogP) is 4.41. The molecular weight excluding hydrogens is 320 g/mol. The molecule has 0 amide bonds. The quantitative estimate of drug-likeness (QED) is 0.593. The largest absolute Gasteiger partial charge is 0.416 e. The molecule has 1 aromatic carbocycles. The molecule has 94 valence electrons. The zero-order chi connectivity index (χ0) is 13.2. The van der Waals surface area contributed by atoms with E-state index in [0.29, 0.717) is 0 Å². The number of halogens is 5. The minimum absolute atomic E-state index is 0.134. The molecule has 0 aliphatic rings. The SMILES string of the molecule is CC(Br)C(=O)c1ccc(C(F)(F)F)cc1CCl. The predicted molar refractivity (Wildman–Crippen MR) is 63.7 cm³/mol. The maximum atomic E-state index is 12.5. The lowest BCUT2D eigenvalue weighted by Gasteiger charge is -2.12. The van der Waals surface area contributed by atoms with Gasteiger partial charge in [0.15, 0.2) is 5.78 Å². The number of Topliss-reactive ketones (excluding diaryl/α,β-unsaturated/α-hetero) is 1. The van der Waals surface area contributed by atoms with E-state index in [-0.39, 0.29) is 22.8 Å². The van der Waals surface area contributed by atoms with E-state index in [4.69, 9.17) is 11.6 Å². The lowest BCUT2D eigenvalue weighted by Crippen LogP contribution is -2.14. The molecule has 0 spiro atoms. The highest BCUT2D eigenvalue weighted by Gasteiger charge is 2.31. The first-order chi connectivity index (χ1) is 7.77. The van der Waals surface area contributed by atoms with Crippen LogP contribution in [0.2, 0.25) is 0 Å². The summed E-state index contributed by atoms with van der Waals surface area (Å²) in [4.78, 5) is 11.2. The van der Waals surface area contributed by atoms with E-state index < -0.39 is 16.6 Å². The average molecular weight is 330 g/mol. The maximum absolute atomic E-state index is 12.5. The smallest absolute Gasteiger partial charge is 0.293 e. The van der Waals surface area contributed by atoms with Gasteiger partial charge in [0.05, 0.1) is 10.4 Å². The summed E-state index contributed by atoms with van der Waals surface area (Å²) in [5, 5.41) is 0. The van der Waals surface area contributed by atoms with Gasteiger partial charge in [-0.25, -0.2) is 0 Å². The van der Waals surface area contributed by atoms with E-state index in [0.717, 1.165) is 12.1 Å². The molecule has 0 fully saturated rings. The molecule has 1 rings (SSSR count). The molecule has 0 saturated carbocycles. The second-order valence-corrected chi connectivity index (χ2v) is 5.12. The number of rotatable bonds is 3. The molecular formula is C11H9BrClF3O. The number of hydrogen-bond acceptors (Lipinski definition) is 1. The highest BCUT2D eigenvalue weighted by Crippen LogP contribution is 2.31. The third-order valence-electron chi connectivity index (χ3n) is 2.20. The Morgan fingerprint density at radius 2 is 2.06 bits per heavy atom. The minimum atomic E-state index is -4.43. The Labute approximate surface area is 110 Å². The van der Waals surface area contributed by atoms with E-state index in [1.807, 2.05) is 0 Å². The second kappa shape index (κ2) is 5.40. The van der Waals surface area contributed by atoms with Crippen molar-refractivity contribution in [2.45, 2.75) is 23.8 Å². The van der Waals surface area contributed by atoms with E-state index in [9.17, 15) is 18.0 Å². The number of ketones is 1. The Morgan fingerprint density at radius 1 is 1.47 bits per heavy atom. The van der Waals surface area contributed by atoms with Crippen LogP contribution in [0.3, 0.4) is 0 Å². The molecule has 0 radical (unpaired) electrons. The van der Waals surface area contributed by atoms with Crippen LogP contribution < -0.4 is 0 Å². The fraction of sp³-hybridized carbons (Fsp3) is 0.364.